The van der Waals surface area contributed by atoms with Crippen molar-refractivity contribution >= 4 is 23.5 Å². The molecule has 0 unspecified atom stereocenters. The summed E-state index contributed by atoms with van der Waals surface area (Å²) in [7, 11) is 1.82. The van der Waals surface area contributed by atoms with Crippen molar-refractivity contribution in [2.24, 2.45) is 7.05 Å². The van der Waals surface area contributed by atoms with Gasteiger partial charge in [0.15, 0.2) is 5.16 Å². The number of anilines is 1. The highest BCUT2D eigenvalue weighted by molar-refractivity contribution is 7.98. The predicted molar refractivity (Wildman–Crippen MR) is 67.0 cm³/mol. The summed E-state index contributed by atoms with van der Waals surface area (Å²) in [5, 5.41) is 8.92. The fourth-order valence-corrected chi connectivity index (χ4v) is 1.94. The summed E-state index contributed by atoms with van der Waals surface area (Å²) in [5.41, 5.74) is 6.61. The fraction of sp³-hybridized carbons (Fsp3) is 0.222. The van der Waals surface area contributed by atoms with E-state index in [2.05, 4.69) is 25.1 Å². The summed E-state index contributed by atoms with van der Waals surface area (Å²) >= 11 is 1.41. The zero-order valence-corrected chi connectivity index (χ0v) is 10.6. The van der Waals surface area contributed by atoms with Gasteiger partial charge in [0, 0.05) is 13.2 Å². The molecule has 0 aliphatic carbocycles. The maximum atomic E-state index is 5.81. The number of thioether (sulfide) groups is 1. The highest BCUT2D eigenvalue weighted by Crippen LogP contribution is 2.17. The van der Waals surface area contributed by atoms with E-state index in [0.717, 1.165) is 5.69 Å². The van der Waals surface area contributed by atoms with Gasteiger partial charge in [-0.1, -0.05) is 11.8 Å². The number of nitrogens with two attached hydrogens (primary N) is 1. The van der Waals surface area contributed by atoms with Crippen molar-refractivity contribution in [3.63, 3.8) is 0 Å². The second kappa shape index (κ2) is 3.95. The van der Waals surface area contributed by atoms with E-state index in [9.17, 15) is 0 Å². The van der Waals surface area contributed by atoms with Crippen molar-refractivity contribution in [1.29, 1.82) is 0 Å². The lowest BCUT2D eigenvalue weighted by Crippen LogP contribution is -2.04. The van der Waals surface area contributed by atoms with Gasteiger partial charge in [0.05, 0.1) is 0 Å². The van der Waals surface area contributed by atoms with Gasteiger partial charge in [-0.25, -0.2) is 0 Å². The van der Waals surface area contributed by atoms with Crippen LogP contribution < -0.4 is 5.73 Å². The SMILES string of the molecule is CSc1nc(N)n2nc(-c3ccnn3C)nc2n1. The molecule has 92 valence electrons. The van der Waals surface area contributed by atoms with Crippen molar-refractivity contribution in [2.75, 3.05) is 12.0 Å². The van der Waals surface area contributed by atoms with Gasteiger partial charge in [-0.3, -0.25) is 4.68 Å². The summed E-state index contributed by atoms with van der Waals surface area (Å²) in [4.78, 5) is 12.7. The molecule has 0 aliphatic rings. The van der Waals surface area contributed by atoms with Crippen LogP contribution in [0.3, 0.4) is 0 Å². The number of aryl methyl sites for hydroxylation is 1. The standard InChI is InChI=1S/C9H10N8S/c1-16-5(3-4-11-16)6-12-8-14-9(18-2)13-7(10)17(8)15-6/h3-4H,1-2H3,(H2,10,12,13,14,15). The number of aromatic nitrogens is 7. The number of fused-ring (bicyclic) bond motifs is 1. The third-order valence-electron chi connectivity index (χ3n) is 2.45. The number of nitrogen functional groups attached to an aromatic ring is 1. The largest absolute Gasteiger partial charge is 0.368 e. The van der Waals surface area contributed by atoms with E-state index in [4.69, 9.17) is 5.73 Å². The van der Waals surface area contributed by atoms with E-state index in [1.54, 1.807) is 10.9 Å². The average Bonchev–Trinajstić information content (AvgIpc) is 2.94. The number of hydrogen-bond donors (Lipinski definition) is 1. The van der Waals surface area contributed by atoms with Gasteiger partial charge >= 0.3 is 0 Å². The third kappa shape index (κ3) is 1.59. The van der Waals surface area contributed by atoms with Crippen LogP contribution in [-0.4, -0.2) is 40.6 Å². The number of rotatable bonds is 2. The van der Waals surface area contributed by atoms with Crippen LogP contribution in [0.4, 0.5) is 5.95 Å². The molecule has 0 saturated heterocycles. The third-order valence-corrected chi connectivity index (χ3v) is 2.99. The van der Waals surface area contributed by atoms with E-state index >= 15 is 0 Å². The first-order chi connectivity index (χ1) is 8.69. The maximum absolute atomic E-state index is 5.81. The Labute approximate surface area is 106 Å². The van der Waals surface area contributed by atoms with E-state index in [0.29, 0.717) is 16.8 Å². The second-order valence-electron chi connectivity index (χ2n) is 3.56. The molecule has 0 aromatic carbocycles. The van der Waals surface area contributed by atoms with Gasteiger partial charge in [0.1, 0.15) is 5.69 Å². The van der Waals surface area contributed by atoms with Crippen molar-refractivity contribution in [3.8, 4) is 11.5 Å². The molecular formula is C9H10N8S. The van der Waals surface area contributed by atoms with Crippen LogP contribution in [0, 0.1) is 0 Å². The van der Waals surface area contributed by atoms with Gasteiger partial charge in [-0.15, -0.1) is 5.10 Å². The zero-order chi connectivity index (χ0) is 12.7. The molecule has 0 radical (unpaired) electrons. The van der Waals surface area contributed by atoms with E-state index in [1.807, 2.05) is 19.4 Å². The second-order valence-corrected chi connectivity index (χ2v) is 4.33. The average molecular weight is 262 g/mol. The first-order valence-electron chi connectivity index (χ1n) is 5.11. The Morgan fingerprint density at radius 1 is 1.28 bits per heavy atom. The predicted octanol–water partition coefficient (Wildman–Crippen LogP) is 0.224. The lowest BCUT2D eigenvalue weighted by Gasteiger charge is -1.97. The van der Waals surface area contributed by atoms with E-state index in [-0.39, 0.29) is 5.95 Å². The first kappa shape index (κ1) is 11.0. The summed E-state index contributed by atoms with van der Waals surface area (Å²) < 4.78 is 3.11. The minimum absolute atomic E-state index is 0.269. The molecule has 3 rings (SSSR count). The monoisotopic (exact) mass is 262 g/mol. The van der Waals surface area contributed by atoms with Gasteiger partial charge in [0.2, 0.25) is 11.8 Å². The van der Waals surface area contributed by atoms with Crippen molar-refractivity contribution in [3.05, 3.63) is 12.3 Å². The molecule has 18 heavy (non-hydrogen) atoms. The topological polar surface area (TPSA) is 99.8 Å². The Morgan fingerprint density at radius 3 is 2.78 bits per heavy atom. The molecule has 3 heterocycles. The molecule has 0 saturated carbocycles. The van der Waals surface area contributed by atoms with Crippen LogP contribution in [0.2, 0.25) is 0 Å². The molecule has 0 spiro atoms. The Hall–Kier alpha value is -2.16. The van der Waals surface area contributed by atoms with Crippen LogP contribution in [0.25, 0.3) is 17.3 Å². The van der Waals surface area contributed by atoms with E-state index < -0.39 is 0 Å². The molecule has 0 aliphatic heterocycles. The normalized spacial score (nSPS) is 11.2. The smallest absolute Gasteiger partial charge is 0.258 e. The van der Waals surface area contributed by atoms with Crippen LogP contribution >= 0.6 is 11.8 Å². The molecule has 3 aromatic heterocycles. The summed E-state index contributed by atoms with van der Waals surface area (Å²) in [6.45, 7) is 0. The molecule has 0 amide bonds. The highest BCUT2D eigenvalue weighted by Gasteiger charge is 2.13. The lowest BCUT2D eigenvalue weighted by atomic mass is 10.4. The molecule has 0 bridgehead atoms. The number of hydrogen-bond acceptors (Lipinski definition) is 7. The molecule has 9 heteroatoms. The quantitative estimate of drug-likeness (QED) is 0.659. The van der Waals surface area contributed by atoms with Crippen LogP contribution in [0.1, 0.15) is 0 Å². The molecule has 0 atom stereocenters. The Morgan fingerprint density at radius 2 is 2.11 bits per heavy atom. The van der Waals surface area contributed by atoms with Gasteiger partial charge < -0.3 is 5.73 Å². The Balaban J connectivity index is 2.23. The molecule has 2 N–H and O–H groups in total. The summed E-state index contributed by atoms with van der Waals surface area (Å²) in [6.07, 6.45) is 3.56. The molecule has 8 nitrogen and oxygen atoms in total. The summed E-state index contributed by atoms with van der Waals surface area (Å²) in [5.74, 6) is 1.22. The zero-order valence-electron chi connectivity index (χ0n) is 9.77. The first-order valence-corrected chi connectivity index (χ1v) is 6.34. The van der Waals surface area contributed by atoms with Crippen molar-refractivity contribution < 1.29 is 0 Å². The maximum Gasteiger partial charge on any atom is 0.258 e. The Bertz CT molecular complexity index is 715. The Kier molecular flexibility index (Phi) is 2.40. The minimum Gasteiger partial charge on any atom is -0.368 e. The molecule has 3 aromatic rings. The van der Waals surface area contributed by atoms with Crippen molar-refractivity contribution in [2.45, 2.75) is 5.16 Å². The van der Waals surface area contributed by atoms with Gasteiger partial charge in [-0.2, -0.15) is 24.6 Å². The molecular weight excluding hydrogens is 252 g/mol. The highest BCUT2D eigenvalue weighted by atomic mass is 32.2. The van der Waals surface area contributed by atoms with Crippen LogP contribution in [0.5, 0.6) is 0 Å². The summed E-state index contributed by atoms with van der Waals surface area (Å²) in [6, 6.07) is 1.83. The van der Waals surface area contributed by atoms with Crippen LogP contribution in [-0.2, 0) is 7.05 Å². The van der Waals surface area contributed by atoms with Gasteiger partial charge in [-0.05, 0) is 12.3 Å². The van der Waals surface area contributed by atoms with Crippen molar-refractivity contribution in [1.82, 2.24) is 34.3 Å². The molecule has 0 fully saturated rings. The van der Waals surface area contributed by atoms with Crippen LogP contribution in [0.15, 0.2) is 17.4 Å². The fourth-order valence-electron chi connectivity index (χ4n) is 1.58. The van der Waals surface area contributed by atoms with Gasteiger partial charge in [0.25, 0.3) is 5.78 Å². The lowest BCUT2D eigenvalue weighted by molar-refractivity contribution is 0.768. The number of nitrogens with zero attached hydrogens (tertiary/aromatic N) is 7. The minimum atomic E-state index is 0.269. The van der Waals surface area contributed by atoms with E-state index in [1.165, 1.54) is 16.3 Å².